The predicted molar refractivity (Wildman–Crippen MR) is 75.7 cm³/mol. The summed E-state index contributed by atoms with van der Waals surface area (Å²) in [5.41, 5.74) is 7.81. The lowest BCUT2D eigenvalue weighted by Gasteiger charge is -2.08. The Balaban J connectivity index is 2.43. The Morgan fingerprint density at radius 2 is 1.90 bits per heavy atom. The van der Waals surface area contributed by atoms with Crippen LogP contribution in [0.1, 0.15) is 10.5 Å². The third kappa shape index (κ3) is 1.80. The summed E-state index contributed by atoms with van der Waals surface area (Å²) in [6.45, 7) is 0. The van der Waals surface area contributed by atoms with E-state index in [0.717, 1.165) is 5.56 Å². The van der Waals surface area contributed by atoms with Crippen molar-refractivity contribution in [1.29, 1.82) is 0 Å². The Morgan fingerprint density at radius 3 is 2.55 bits per heavy atom. The van der Waals surface area contributed by atoms with E-state index in [9.17, 15) is 4.79 Å². The molecule has 3 rings (SSSR count). The largest absolute Gasteiger partial charge is 0.482 e. The lowest BCUT2D eigenvalue weighted by Crippen LogP contribution is -2.13. The van der Waals surface area contributed by atoms with Gasteiger partial charge in [0.15, 0.2) is 11.6 Å². The zero-order chi connectivity index (χ0) is 14.1. The lowest BCUT2D eigenvalue weighted by molar-refractivity contribution is 0.0997. The molecule has 0 saturated carbocycles. The number of nitrogens with two attached hydrogens (primary N) is 1. The van der Waals surface area contributed by atoms with Gasteiger partial charge in [0.1, 0.15) is 5.65 Å². The molecule has 0 fully saturated rings. The van der Waals surface area contributed by atoms with E-state index in [1.807, 2.05) is 42.5 Å². The minimum Gasteiger partial charge on any atom is -0.482 e. The number of imidazole rings is 1. The summed E-state index contributed by atoms with van der Waals surface area (Å²) in [6, 6.07) is 15.0. The first kappa shape index (κ1) is 12.2. The average Bonchev–Trinajstić information content (AvgIpc) is 2.87. The van der Waals surface area contributed by atoms with Crippen LogP contribution in [-0.4, -0.2) is 22.4 Å². The summed E-state index contributed by atoms with van der Waals surface area (Å²) in [5, 5.41) is 0. The number of aromatic nitrogens is 2. The third-order valence-corrected chi connectivity index (χ3v) is 3.10. The Kier molecular flexibility index (Phi) is 2.87. The standard InChI is InChI=1S/C15H13N3O2/c1-20-12-9-5-8-11-17-13(15(16)19)14(18(11)12)10-6-3-2-4-7-10/h2-9H,1H3,(H2,16,19). The van der Waals surface area contributed by atoms with Gasteiger partial charge < -0.3 is 10.5 Å². The molecule has 0 spiro atoms. The molecule has 2 N–H and O–H groups in total. The van der Waals surface area contributed by atoms with Gasteiger partial charge in [-0.2, -0.15) is 0 Å². The zero-order valence-corrected chi connectivity index (χ0v) is 10.9. The highest BCUT2D eigenvalue weighted by atomic mass is 16.5. The van der Waals surface area contributed by atoms with Gasteiger partial charge in [-0.3, -0.25) is 9.20 Å². The van der Waals surface area contributed by atoms with Crippen molar-refractivity contribution in [2.45, 2.75) is 0 Å². The normalized spacial score (nSPS) is 10.7. The maximum Gasteiger partial charge on any atom is 0.269 e. The number of rotatable bonds is 3. The van der Waals surface area contributed by atoms with Crippen molar-refractivity contribution >= 4 is 11.6 Å². The van der Waals surface area contributed by atoms with Gasteiger partial charge in [-0.15, -0.1) is 0 Å². The predicted octanol–water partition coefficient (Wildman–Crippen LogP) is 2.11. The summed E-state index contributed by atoms with van der Waals surface area (Å²) >= 11 is 0. The molecule has 5 heteroatoms. The first-order valence-electron chi connectivity index (χ1n) is 6.13. The Hall–Kier alpha value is -2.82. The Labute approximate surface area is 115 Å². The Bertz CT molecular complexity index is 778. The van der Waals surface area contributed by atoms with E-state index in [2.05, 4.69) is 4.98 Å². The second-order valence-corrected chi connectivity index (χ2v) is 4.30. The topological polar surface area (TPSA) is 69.6 Å². The number of primary amides is 1. The van der Waals surface area contributed by atoms with E-state index in [1.54, 1.807) is 17.6 Å². The fourth-order valence-corrected chi connectivity index (χ4v) is 2.26. The van der Waals surface area contributed by atoms with Crippen LogP contribution in [0.4, 0.5) is 0 Å². The number of carbonyl (C=O) groups is 1. The summed E-state index contributed by atoms with van der Waals surface area (Å²) in [6.07, 6.45) is 0. The molecule has 1 amide bonds. The third-order valence-electron chi connectivity index (χ3n) is 3.10. The van der Waals surface area contributed by atoms with Crippen LogP contribution in [-0.2, 0) is 0 Å². The quantitative estimate of drug-likeness (QED) is 0.790. The highest BCUT2D eigenvalue weighted by molar-refractivity contribution is 5.98. The summed E-state index contributed by atoms with van der Waals surface area (Å²) in [7, 11) is 1.58. The van der Waals surface area contributed by atoms with Gasteiger partial charge in [0, 0.05) is 5.56 Å². The number of amides is 1. The van der Waals surface area contributed by atoms with Crippen LogP contribution in [0.15, 0.2) is 48.5 Å². The molecule has 2 aromatic heterocycles. The van der Waals surface area contributed by atoms with Crippen molar-refractivity contribution in [2.75, 3.05) is 7.11 Å². The van der Waals surface area contributed by atoms with E-state index < -0.39 is 5.91 Å². The molecule has 3 aromatic rings. The minimum absolute atomic E-state index is 0.237. The second kappa shape index (κ2) is 4.70. The first-order chi connectivity index (χ1) is 9.72. The van der Waals surface area contributed by atoms with Gasteiger partial charge in [0.05, 0.1) is 12.8 Å². The van der Waals surface area contributed by atoms with Crippen LogP contribution < -0.4 is 10.5 Å². The van der Waals surface area contributed by atoms with Crippen molar-refractivity contribution in [2.24, 2.45) is 5.73 Å². The number of hydrogen-bond donors (Lipinski definition) is 1. The molecular weight excluding hydrogens is 254 g/mol. The van der Waals surface area contributed by atoms with Crippen molar-refractivity contribution in [1.82, 2.24) is 9.38 Å². The van der Waals surface area contributed by atoms with Gasteiger partial charge in [-0.25, -0.2) is 4.98 Å². The molecule has 0 aliphatic carbocycles. The maximum atomic E-state index is 11.7. The smallest absolute Gasteiger partial charge is 0.269 e. The van der Waals surface area contributed by atoms with Gasteiger partial charge in [0.25, 0.3) is 5.91 Å². The number of pyridine rings is 1. The molecule has 0 atom stereocenters. The van der Waals surface area contributed by atoms with Crippen molar-refractivity contribution in [3.63, 3.8) is 0 Å². The molecule has 0 aliphatic heterocycles. The van der Waals surface area contributed by atoms with Gasteiger partial charge in [-0.1, -0.05) is 36.4 Å². The minimum atomic E-state index is -0.561. The molecule has 0 saturated heterocycles. The summed E-state index contributed by atoms with van der Waals surface area (Å²) in [5.74, 6) is 0.0379. The SMILES string of the molecule is COc1cccc2nc(C(N)=O)c(-c3ccccc3)n12. The highest BCUT2D eigenvalue weighted by Gasteiger charge is 2.20. The second-order valence-electron chi connectivity index (χ2n) is 4.30. The molecule has 0 bridgehead atoms. The van der Waals surface area contributed by atoms with Crippen molar-refractivity contribution in [3.05, 3.63) is 54.2 Å². The van der Waals surface area contributed by atoms with Gasteiger partial charge in [0.2, 0.25) is 0 Å². The summed E-state index contributed by atoms with van der Waals surface area (Å²) < 4.78 is 7.14. The highest BCUT2D eigenvalue weighted by Crippen LogP contribution is 2.28. The molecule has 0 aliphatic rings. The van der Waals surface area contributed by atoms with E-state index in [-0.39, 0.29) is 5.69 Å². The molecule has 2 heterocycles. The molecule has 1 aromatic carbocycles. The number of carbonyl (C=O) groups excluding carboxylic acids is 1. The number of fused-ring (bicyclic) bond motifs is 1. The number of hydrogen-bond acceptors (Lipinski definition) is 3. The van der Waals surface area contributed by atoms with Crippen LogP contribution >= 0.6 is 0 Å². The number of nitrogens with zero attached hydrogens (tertiary/aromatic N) is 2. The average molecular weight is 267 g/mol. The molecule has 20 heavy (non-hydrogen) atoms. The molecule has 0 unspecified atom stereocenters. The van der Waals surface area contributed by atoms with E-state index >= 15 is 0 Å². The Morgan fingerprint density at radius 1 is 1.15 bits per heavy atom. The first-order valence-corrected chi connectivity index (χ1v) is 6.13. The summed E-state index contributed by atoms with van der Waals surface area (Å²) in [4.78, 5) is 16.0. The van der Waals surface area contributed by atoms with Gasteiger partial charge >= 0.3 is 0 Å². The monoisotopic (exact) mass is 267 g/mol. The van der Waals surface area contributed by atoms with Crippen LogP contribution in [0.3, 0.4) is 0 Å². The van der Waals surface area contributed by atoms with Crippen LogP contribution in [0.25, 0.3) is 16.9 Å². The molecule has 100 valence electrons. The molecular formula is C15H13N3O2. The van der Waals surface area contributed by atoms with Crippen LogP contribution in [0.2, 0.25) is 0 Å². The van der Waals surface area contributed by atoms with Gasteiger partial charge in [-0.05, 0) is 12.1 Å². The number of methoxy groups -OCH3 is 1. The molecule has 5 nitrogen and oxygen atoms in total. The lowest BCUT2D eigenvalue weighted by atomic mass is 10.1. The maximum absolute atomic E-state index is 11.7. The number of benzene rings is 1. The zero-order valence-electron chi connectivity index (χ0n) is 10.9. The van der Waals surface area contributed by atoms with E-state index in [0.29, 0.717) is 17.2 Å². The van der Waals surface area contributed by atoms with Crippen LogP contribution in [0.5, 0.6) is 5.88 Å². The van der Waals surface area contributed by atoms with E-state index in [4.69, 9.17) is 10.5 Å². The fraction of sp³-hybridized carbons (Fsp3) is 0.0667. The molecule has 0 radical (unpaired) electrons. The van der Waals surface area contributed by atoms with E-state index in [1.165, 1.54) is 0 Å². The number of ether oxygens (including phenoxy) is 1. The van der Waals surface area contributed by atoms with Crippen molar-refractivity contribution < 1.29 is 9.53 Å². The van der Waals surface area contributed by atoms with Crippen molar-refractivity contribution in [3.8, 4) is 17.1 Å². The van der Waals surface area contributed by atoms with Crippen LogP contribution in [0, 0.1) is 0 Å². The fourth-order valence-electron chi connectivity index (χ4n) is 2.26.